The number of hydrogen-bond acceptors (Lipinski definition) is 11. The van der Waals surface area contributed by atoms with Gasteiger partial charge in [-0.2, -0.15) is 29.8 Å². The molecule has 276 valence electrons. The molecular formula is C32H43N2O12S4+. The van der Waals surface area contributed by atoms with Crippen molar-refractivity contribution in [1.82, 2.24) is 0 Å². The Morgan fingerprint density at radius 2 is 1.54 bits per heavy atom. The Balaban J connectivity index is 1.78. The molecule has 1 atom stereocenters. The number of nitrogens with zero attached hydrogens (tertiary/aromatic N) is 2. The SMILES string of the molecule is CCC1(C)/C(=C/C=C\C2=[N+](CCCCS(=O)(=O)O)c3ccc(SOOO)cc3C2(C)C)N(CCCCS(=O)(=O)O)c2ccc(S(=O)(=O)O)cc21. The Morgan fingerprint density at radius 3 is 2.14 bits per heavy atom. The molecule has 1 unspecified atom stereocenters. The first-order valence-electron chi connectivity index (χ1n) is 15.9. The summed E-state index contributed by atoms with van der Waals surface area (Å²) in [6, 6.07) is 10.0. The molecule has 18 heteroatoms. The van der Waals surface area contributed by atoms with Crippen LogP contribution in [0.15, 0.2) is 70.1 Å². The average molecular weight is 776 g/mol. The molecule has 0 fully saturated rings. The quantitative estimate of drug-likeness (QED) is 0.0380. The maximum absolute atomic E-state index is 12.1. The van der Waals surface area contributed by atoms with Crippen molar-refractivity contribution < 1.29 is 58.1 Å². The molecule has 2 heterocycles. The largest absolute Gasteiger partial charge is 0.344 e. The maximum atomic E-state index is 12.1. The second kappa shape index (κ2) is 15.5. The van der Waals surface area contributed by atoms with Crippen molar-refractivity contribution in [2.45, 2.75) is 80.4 Å². The fourth-order valence-corrected chi connectivity index (χ4v) is 8.69. The van der Waals surface area contributed by atoms with Crippen LogP contribution in [0.3, 0.4) is 0 Å². The molecule has 0 saturated carbocycles. The van der Waals surface area contributed by atoms with E-state index in [2.05, 4.69) is 13.9 Å². The highest BCUT2D eigenvalue weighted by Gasteiger charge is 2.45. The third-order valence-corrected chi connectivity index (χ3v) is 12.3. The molecule has 0 aromatic heterocycles. The van der Waals surface area contributed by atoms with Gasteiger partial charge < -0.3 is 4.90 Å². The Kier molecular flexibility index (Phi) is 12.5. The molecule has 2 aliphatic heterocycles. The summed E-state index contributed by atoms with van der Waals surface area (Å²) >= 11 is 0.829. The highest BCUT2D eigenvalue weighted by atomic mass is 32.2. The predicted octanol–water partition coefficient (Wildman–Crippen LogP) is 5.70. The van der Waals surface area contributed by atoms with Crippen LogP contribution < -0.4 is 4.90 Å². The summed E-state index contributed by atoms with van der Waals surface area (Å²) in [5.41, 5.74) is 3.68. The van der Waals surface area contributed by atoms with Gasteiger partial charge in [0.1, 0.15) is 6.54 Å². The molecule has 0 amide bonds. The normalized spacial score (nSPS) is 19.9. The minimum Gasteiger partial charge on any atom is -0.344 e. The molecule has 4 rings (SSSR count). The van der Waals surface area contributed by atoms with E-state index in [1.54, 1.807) is 12.1 Å². The van der Waals surface area contributed by atoms with E-state index >= 15 is 0 Å². The molecule has 0 aliphatic carbocycles. The van der Waals surface area contributed by atoms with Gasteiger partial charge in [0.15, 0.2) is 5.71 Å². The third kappa shape index (κ3) is 9.22. The number of anilines is 1. The van der Waals surface area contributed by atoms with Crippen molar-refractivity contribution in [1.29, 1.82) is 0 Å². The van der Waals surface area contributed by atoms with Crippen molar-refractivity contribution in [2.24, 2.45) is 0 Å². The highest BCUT2D eigenvalue weighted by molar-refractivity contribution is 7.94. The number of unbranched alkanes of at least 4 members (excludes halogenated alkanes) is 2. The smallest absolute Gasteiger partial charge is 0.294 e. The summed E-state index contributed by atoms with van der Waals surface area (Å²) in [5, 5.41) is 12.4. The van der Waals surface area contributed by atoms with E-state index in [1.165, 1.54) is 12.1 Å². The maximum Gasteiger partial charge on any atom is 0.294 e. The van der Waals surface area contributed by atoms with Gasteiger partial charge in [-0.3, -0.25) is 13.7 Å². The molecule has 0 saturated heterocycles. The van der Waals surface area contributed by atoms with Crippen molar-refractivity contribution in [3.8, 4) is 0 Å². The van der Waals surface area contributed by atoms with Crippen LogP contribution in [-0.4, -0.2) is 79.1 Å². The zero-order valence-corrected chi connectivity index (χ0v) is 31.4. The molecule has 50 heavy (non-hydrogen) atoms. The number of fused-ring (bicyclic) bond motifs is 2. The second-order valence-electron chi connectivity index (χ2n) is 13.0. The fourth-order valence-electron chi connectivity index (χ4n) is 6.65. The molecule has 4 N–H and O–H groups in total. The molecule has 2 aromatic carbocycles. The lowest BCUT2D eigenvalue weighted by atomic mass is 9.79. The van der Waals surface area contributed by atoms with Crippen LogP contribution >= 0.6 is 12.0 Å². The van der Waals surface area contributed by atoms with Crippen LogP contribution in [0.25, 0.3) is 0 Å². The summed E-state index contributed by atoms with van der Waals surface area (Å²) in [7, 11) is -12.7. The van der Waals surface area contributed by atoms with Crippen LogP contribution in [0.2, 0.25) is 0 Å². The van der Waals surface area contributed by atoms with Crippen molar-refractivity contribution >= 4 is 59.5 Å². The third-order valence-electron chi connectivity index (χ3n) is 9.31. The number of hydrogen-bond donors (Lipinski definition) is 4. The van der Waals surface area contributed by atoms with Gasteiger partial charge in [-0.1, -0.05) is 18.0 Å². The van der Waals surface area contributed by atoms with Crippen LogP contribution in [0.1, 0.15) is 70.9 Å². The van der Waals surface area contributed by atoms with Crippen LogP contribution in [0.5, 0.6) is 0 Å². The molecular weight excluding hydrogens is 733 g/mol. The summed E-state index contributed by atoms with van der Waals surface area (Å²) in [5.74, 6) is -0.759. The van der Waals surface area contributed by atoms with Gasteiger partial charge in [0.25, 0.3) is 30.4 Å². The summed E-state index contributed by atoms with van der Waals surface area (Å²) in [4.78, 5) is 2.43. The summed E-state index contributed by atoms with van der Waals surface area (Å²) < 4.78 is 105. The van der Waals surface area contributed by atoms with Crippen molar-refractivity contribution in [3.63, 3.8) is 0 Å². The monoisotopic (exact) mass is 775 g/mol. The van der Waals surface area contributed by atoms with Gasteiger partial charge >= 0.3 is 0 Å². The van der Waals surface area contributed by atoms with E-state index in [4.69, 9.17) is 5.26 Å². The zero-order valence-electron chi connectivity index (χ0n) is 28.1. The van der Waals surface area contributed by atoms with Gasteiger partial charge in [-0.15, -0.1) is 4.33 Å². The standard InChI is InChI=1S/C32H42N2O12S4/c1-5-32(4)26-22-24(50(42,43)44)14-16-28(26)34(18-7-9-20-49(39,40)41)30(32)12-10-11-29-31(2,3)25-21-23(47-46-45-35)13-15-27(25)33(29)17-6-8-19-48(36,37)38/h10-16,21-22H,5-9,17-20H2,1-4H3,(H3-,35,36,37,38,39,40,41,42,43,44)/p+1. The van der Waals surface area contributed by atoms with Crippen LogP contribution in [-0.2, 0) is 50.6 Å². The van der Waals surface area contributed by atoms with E-state index in [1.807, 2.05) is 63.0 Å². The predicted molar refractivity (Wildman–Crippen MR) is 190 cm³/mol. The molecule has 14 nitrogen and oxygen atoms in total. The Bertz CT molecular complexity index is 2020. The first-order valence-corrected chi connectivity index (χ1v) is 21.3. The van der Waals surface area contributed by atoms with Gasteiger partial charge in [0.2, 0.25) is 5.69 Å². The van der Waals surface area contributed by atoms with Gasteiger partial charge in [0, 0.05) is 52.4 Å². The first kappa shape index (κ1) is 40.1. The second-order valence-corrected chi connectivity index (χ2v) is 18.3. The molecule has 0 spiro atoms. The van der Waals surface area contributed by atoms with Crippen molar-refractivity contribution in [2.75, 3.05) is 29.5 Å². The van der Waals surface area contributed by atoms with E-state index in [9.17, 15) is 38.9 Å². The summed E-state index contributed by atoms with van der Waals surface area (Å²) in [6.07, 6.45) is 7.63. The van der Waals surface area contributed by atoms with Gasteiger partial charge in [-0.25, -0.2) is 5.26 Å². The van der Waals surface area contributed by atoms with Crippen LogP contribution in [0, 0.1) is 0 Å². The van der Waals surface area contributed by atoms with E-state index < -0.39 is 46.9 Å². The van der Waals surface area contributed by atoms with Crippen molar-refractivity contribution in [3.05, 3.63) is 71.5 Å². The van der Waals surface area contributed by atoms with Gasteiger partial charge in [-0.05, 0) is 88.4 Å². The Hall–Kier alpha value is -2.65. The van der Waals surface area contributed by atoms with E-state index in [0.29, 0.717) is 48.5 Å². The topological polar surface area (TPSA) is 208 Å². The lowest BCUT2D eigenvalue weighted by molar-refractivity contribution is -0.438. The number of benzene rings is 2. The average Bonchev–Trinajstić information content (AvgIpc) is 3.38. The molecule has 0 bridgehead atoms. The summed E-state index contributed by atoms with van der Waals surface area (Å²) in [6.45, 7) is 8.82. The highest BCUT2D eigenvalue weighted by Crippen LogP contribution is 2.51. The number of allylic oxidation sites excluding steroid dienone is 4. The zero-order chi connectivity index (χ0) is 37.1. The van der Waals surface area contributed by atoms with E-state index in [0.717, 1.165) is 34.7 Å². The van der Waals surface area contributed by atoms with E-state index in [-0.39, 0.29) is 23.5 Å². The molecule has 0 radical (unpaired) electrons. The minimum absolute atomic E-state index is 0.201. The lowest BCUT2D eigenvalue weighted by Gasteiger charge is -2.29. The lowest BCUT2D eigenvalue weighted by Crippen LogP contribution is -2.29. The molecule has 2 aliphatic rings. The Morgan fingerprint density at radius 1 is 0.880 bits per heavy atom. The Labute approximate surface area is 297 Å². The van der Waals surface area contributed by atoms with Crippen LogP contribution in [0.4, 0.5) is 11.4 Å². The van der Waals surface area contributed by atoms with Gasteiger partial charge in [0.05, 0.1) is 33.9 Å². The fraction of sp³-hybridized carbons (Fsp3) is 0.469. The molecule has 2 aromatic rings. The minimum atomic E-state index is -4.49. The first-order chi connectivity index (χ1) is 23.2. The number of rotatable bonds is 17.